The van der Waals surface area contributed by atoms with E-state index in [0.717, 1.165) is 11.1 Å². The topological polar surface area (TPSA) is 33.4 Å². The average molecular weight is 223 g/mol. The molecule has 3 heteroatoms. The maximum absolute atomic E-state index is 10.0. The molecule has 1 aromatic carbocycles. The molecular weight excluding hydrogens is 212 g/mol. The van der Waals surface area contributed by atoms with Gasteiger partial charge in [0.15, 0.2) is 5.22 Å². The van der Waals surface area contributed by atoms with E-state index in [1.54, 1.807) is 6.07 Å². The Balaban J connectivity index is 2.32. The minimum atomic E-state index is -0.725. The summed E-state index contributed by atoms with van der Waals surface area (Å²) >= 11 is 5.79. The molecule has 15 heavy (non-hydrogen) atoms. The molecule has 78 valence electrons. The van der Waals surface area contributed by atoms with Gasteiger partial charge in [-0.25, -0.2) is 0 Å². The maximum atomic E-state index is 10.0. The normalized spacial score (nSPS) is 12.7. The van der Waals surface area contributed by atoms with Gasteiger partial charge in [-0.15, -0.1) is 0 Å². The number of hydrogen-bond donors (Lipinski definition) is 1. The Kier molecular flexibility index (Phi) is 2.80. The summed E-state index contributed by atoms with van der Waals surface area (Å²) in [5.74, 6) is 0. The largest absolute Gasteiger partial charge is 0.453 e. The fraction of sp³-hybridized carbons (Fsp3) is 0.167. The summed E-state index contributed by atoms with van der Waals surface area (Å²) in [7, 11) is 0. The van der Waals surface area contributed by atoms with Crippen molar-refractivity contribution < 1.29 is 9.52 Å². The van der Waals surface area contributed by atoms with Gasteiger partial charge in [0.2, 0.25) is 0 Å². The van der Waals surface area contributed by atoms with E-state index in [0.29, 0.717) is 5.56 Å². The highest BCUT2D eigenvalue weighted by molar-refractivity contribution is 6.29. The molecule has 0 radical (unpaired) electrons. The molecule has 0 aliphatic heterocycles. The van der Waals surface area contributed by atoms with E-state index in [9.17, 15) is 5.11 Å². The molecule has 2 aromatic rings. The second-order valence-corrected chi connectivity index (χ2v) is 3.81. The van der Waals surface area contributed by atoms with Crippen molar-refractivity contribution in [3.05, 3.63) is 58.5 Å². The SMILES string of the molecule is Cc1ccc(C(O)c2ccoc2Cl)cc1. The fourth-order valence-corrected chi connectivity index (χ4v) is 1.65. The van der Waals surface area contributed by atoms with E-state index in [-0.39, 0.29) is 5.22 Å². The first kappa shape index (κ1) is 10.3. The van der Waals surface area contributed by atoms with Crippen LogP contribution in [0.1, 0.15) is 22.8 Å². The van der Waals surface area contributed by atoms with Crippen LogP contribution >= 0.6 is 11.6 Å². The molecule has 0 saturated carbocycles. The van der Waals surface area contributed by atoms with E-state index in [2.05, 4.69) is 0 Å². The van der Waals surface area contributed by atoms with E-state index in [1.165, 1.54) is 6.26 Å². The molecule has 1 unspecified atom stereocenters. The van der Waals surface area contributed by atoms with Crippen molar-refractivity contribution in [1.29, 1.82) is 0 Å². The Morgan fingerprint density at radius 3 is 2.40 bits per heavy atom. The molecule has 1 aromatic heterocycles. The molecule has 0 spiro atoms. The van der Waals surface area contributed by atoms with Gasteiger partial charge < -0.3 is 9.52 Å². The lowest BCUT2D eigenvalue weighted by molar-refractivity contribution is 0.219. The van der Waals surface area contributed by atoms with E-state index >= 15 is 0 Å². The van der Waals surface area contributed by atoms with Crippen LogP contribution < -0.4 is 0 Å². The Morgan fingerprint density at radius 1 is 1.20 bits per heavy atom. The summed E-state index contributed by atoms with van der Waals surface area (Å²) in [6, 6.07) is 9.33. The molecule has 0 saturated heterocycles. The number of hydrogen-bond acceptors (Lipinski definition) is 2. The van der Waals surface area contributed by atoms with Crippen molar-refractivity contribution in [3.63, 3.8) is 0 Å². The van der Waals surface area contributed by atoms with Gasteiger partial charge in [-0.1, -0.05) is 29.8 Å². The first-order valence-corrected chi connectivity index (χ1v) is 5.04. The Bertz CT molecular complexity index is 445. The van der Waals surface area contributed by atoms with Crippen LogP contribution in [0.2, 0.25) is 5.22 Å². The molecule has 1 atom stereocenters. The van der Waals surface area contributed by atoms with Gasteiger partial charge in [0.05, 0.1) is 6.26 Å². The molecule has 0 aliphatic carbocycles. The summed E-state index contributed by atoms with van der Waals surface area (Å²) in [5.41, 5.74) is 2.56. The van der Waals surface area contributed by atoms with Crippen molar-refractivity contribution in [1.82, 2.24) is 0 Å². The second kappa shape index (κ2) is 4.09. The summed E-state index contributed by atoms with van der Waals surface area (Å²) in [4.78, 5) is 0. The lowest BCUT2D eigenvalue weighted by atomic mass is 10.0. The van der Waals surface area contributed by atoms with Crippen LogP contribution in [0.5, 0.6) is 0 Å². The third-order valence-electron chi connectivity index (χ3n) is 2.33. The highest BCUT2D eigenvalue weighted by atomic mass is 35.5. The Hall–Kier alpha value is -1.25. The third kappa shape index (κ3) is 2.06. The lowest BCUT2D eigenvalue weighted by Crippen LogP contribution is -1.98. The highest BCUT2D eigenvalue weighted by Gasteiger charge is 2.15. The summed E-state index contributed by atoms with van der Waals surface area (Å²) in [6.45, 7) is 2.00. The Morgan fingerprint density at radius 2 is 1.87 bits per heavy atom. The van der Waals surface area contributed by atoms with Gasteiger partial charge in [0.1, 0.15) is 6.10 Å². The van der Waals surface area contributed by atoms with E-state index in [4.69, 9.17) is 16.0 Å². The lowest BCUT2D eigenvalue weighted by Gasteiger charge is -2.09. The third-order valence-corrected chi connectivity index (χ3v) is 2.64. The molecule has 1 heterocycles. The van der Waals surface area contributed by atoms with Crippen LogP contribution in [0, 0.1) is 6.92 Å². The predicted molar refractivity (Wildman–Crippen MR) is 59.0 cm³/mol. The monoisotopic (exact) mass is 222 g/mol. The van der Waals surface area contributed by atoms with E-state index < -0.39 is 6.10 Å². The van der Waals surface area contributed by atoms with E-state index in [1.807, 2.05) is 31.2 Å². The molecule has 2 nitrogen and oxygen atoms in total. The molecule has 0 bridgehead atoms. The quantitative estimate of drug-likeness (QED) is 0.846. The minimum absolute atomic E-state index is 0.239. The number of aliphatic hydroxyl groups excluding tert-OH is 1. The number of aliphatic hydroxyl groups is 1. The van der Waals surface area contributed by atoms with Crippen LogP contribution in [-0.2, 0) is 0 Å². The zero-order valence-electron chi connectivity index (χ0n) is 8.27. The molecule has 2 rings (SSSR count). The smallest absolute Gasteiger partial charge is 0.199 e. The highest BCUT2D eigenvalue weighted by Crippen LogP contribution is 2.28. The zero-order valence-corrected chi connectivity index (χ0v) is 9.03. The van der Waals surface area contributed by atoms with Crippen LogP contribution in [0.3, 0.4) is 0 Å². The van der Waals surface area contributed by atoms with Crippen LogP contribution in [0.15, 0.2) is 41.0 Å². The van der Waals surface area contributed by atoms with Gasteiger partial charge in [-0.2, -0.15) is 0 Å². The number of rotatable bonds is 2. The van der Waals surface area contributed by atoms with Crippen molar-refractivity contribution in [3.8, 4) is 0 Å². The van der Waals surface area contributed by atoms with Crippen LogP contribution in [0.25, 0.3) is 0 Å². The first-order chi connectivity index (χ1) is 7.18. The van der Waals surface area contributed by atoms with Gasteiger partial charge in [0.25, 0.3) is 0 Å². The second-order valence-electron chi connectivity index (χ2n) is 3.46. The number of aryl methyl sites for hydroxylation is 1. The van der Waals surface area contributed by atoms with Gasteiger partial charge in [-0.05, 0) is 30.2 Å². The average Bonchev–Trinajstić information content (AvgIpc) is 2.65. The zero-order chi connectivity index (χ0) is 10.8. The van der Waals surface area contributed by atoms with Crippen LogP contribution in [-0.4, -0.2) is 5.11 Å². The predicted octanol–water partition coefficient (Wildman–Crippen LogP) is 3.32. The molecule has 0 amide bonds. The van der Waals surface area contributed by atoms with Gasteiger partial charge >= 0.3 is 0 Å². The summed E-state index contributed by atoms with van der Waals surface area (Å²) in [5, 5.41) is 10.2. The number of furan rings is 1. The summed E-state index contributed by atoms with van der Waals surface area (Å²) in [6.07, 6.45) is 0.742. The van der Waals surface area contributed by atoms with Crippen molar-refractivity contribution in [2.75, 3.05) is 0 Å². The number of halogens is 1. The molecular formula is C12H11ClO2. The summed E-state index contributed by atoms with van der Waals surface area (Å²) < 4.78 is 4.94. The molecule has 0 fully saturated rings. The molecule has 1 N–H and O–H groups in total. The van der Waals surface area contributed by atoms with Gasteiger partial charge in [-0.3, -0.25) is 0 Å². The van der Waals surface area contributed by atoms with Crippen molar-refractivity contribution in [2.24, 2.45) is 0 Å². The van der Waals surface area contributed by atoms with Crippen LogP contribution in [0.4, 0.5) is 0 Å². The maximum Gasteiger partial charge on any atom is 0.199 e. The number of benzene rings is 1. The van der Waals surface area contributed by atoms with Gasteiger partial charge in [0, 0.05) is 5.56 Å². The Labute approximate surface area is 93.1 Å². The van der Waals surface area contributed by atoms with Crippen molar-refractivity contribution >= 4 is 11.6 Å². The standard InChI is InChI=1S/C12H11ClO2/c1-8-2-4-9(5-3-8)11(14)10-6-7-15-12(10)13/h2-7,11,14H,1H3. The minimum Gasteiger partial charge on any atom is -0.453 e. The first-order valence-electron chi connectivity index (χ1n) is 4.66. The fourth-order valence-electron chi connectivity index (χ4n) is 1.43. The molecule has 0 aliphatic rings. The van der Waals surface area contributed by atoms with Crippen molar-refractivity contribution in [2.45, 2.75) is 13.0 Å².